The summed E-state index contributed by atoms with van der Waals surface area (Å²) >= 11 is 0. The Labute approximate surface area is 224 Å². The number of rotatable bonds is 8. The number of allylic oxidation sites excluding steroid dienone is 1. The van der Waals surface area contributed by atoms with E-state index in [0.29, 0.717) is 12.0 Å². The van der Waals surface area contributed by atoms with E-state index in [0.717, 1.165) is 55.4 Å². The summed E-state index contributed by atoms with van der Waals surface area (Å²) in [6, 6.07) is 10.4. The molecular formula is C32H31F7. The topological polar surface area (TPSA) is 0 Å². The number of alkyl halides is 3. The van der Waals surface area contributed by atoms with Gasteiger partial charge in [-0.25, -0.2) is 17.6 Å². The zero-order valence-corrected chi connectivity index (χ0v) is 21.7. The lowest BCUT2D eigenvalue weighted by molar-refractivity contribution is -0.0790. The Morgan fingerprint density at radius 2 is 1.31 bits per heavy atom. The zero-order valence-electron chi connectivity index (χ0n) is 21.7. The van der Waals surface area contributed by atoms with Crippen molar-refractivity contribution in [3.8, 4) is 22.3 Å². The molecule has 0 spiro atoms. The van der Waals surface area contributed by atoms with Gasteiger partial charge in [0.15, 0.2) is 0 Å². The van der Waals surface area contributed by atoms with Crippen molar-refractivity contribution in [3.63, 3.8) is 0 Å². The molecular weight excluding hydrogens is 517 g/mol. The SMILES string of the molecule is CCCCCC1CCC(c2ccc(-c3ccc(-c4cc(F)c(/C=C/C(F)(F)F)c(F)c4)c(F)c3)c(F)c2)CC1. The molecule has 1 saturated carbocycles. The molecule has 1 fully saturated rings. The van der Waals surface area contributed by atoms with E-state index < -0.39 is 35.0 Å². The van der Waals surface area contributed by atoms with Crippen molar-refractivity contribution in [3.05, 3.63) is 89.0 Å². The van der Waals surface area contributed by atoms with Gasteiger partial charge in [-0.2, -0.15) is 13.2 Å². The van der Waals surface area contributed by atoms with Crippen LogP contribution in [-0.2, 0) is 0 Å². The van der Waals surface area contributed by atoms with Gasteiger partial charge in [-0.15, -0.1) is 0 Å². The first-order valence-corrected chi connectivity index (χ1v) is 13.4. The van der Waals surface area contributed by atoms with E-state index in [4.69, 9.17) is 0 Å². The molecule has 1 aliphatic rings. The van der Waals surface area contributed by atoms with E-state index in [2.05, 4.69) is 6.92 Å². The summed E-state index contributed by atoms with van der Waals surface area (Å²) in [5.74, 6) is -2.78. The monoisotopic (exact) mass is 548 g/mol. The highest BCUT2D eigenvalue weighted by Crippen LogP contribution is 2.39. The standard InChI is InChI=1S/C32H31F7/c1-2-3-4-5-20-6-8-21(9-7-20)22-10-12-25(28(33)16-22)23-11-13-26(29(34)17-23)24-18-30(35)27(31(36)19-24)14-15-32(37,38)39/h10-21H,2-9H2,1H3/b15-14+. The zero-order chi connectivity index (χ0) is 28.2. The first-order valence-electron chi connectivity index (χ1n) is 13.4. The highest BCUT2D eigenvalue weighted by Gasteiger charge is 2.24. The van der Waals surface area contributed by atoms with Gasteiger partial charge < -0.3 is 0 Å². The molecule has 0 amide bonds. The fraction of sp³-hybridized carbons (Fsp3) is 0.375. The molecule has 0 radical (unpaired) electrons. The lowest BCUT2D eigenvalue weighted by atomic mass is 9.77. The van der Waals surface area contributed by atoms with Crippen LogP contribution in [0.3, 0.4) is 0 Å². The van der Waals surface area contributed by atoms with Crippen LogP contribution in [0.1, 0.15) is 75.3 Å². The number of hydrogen-bond acceptors (Lipinski definition) is 0. The third-order valence-electron chi connectivity index (χ3n) is 7.64. The Bertz CT molecular complexity index is 1290. The van der Waals surface area contributed by atoms with E-state index in [-0.39, 0.29) is 28.3 Å². The van der Waals surface area contributed by atoms with E-state index in [9.17, 15) is 22.0 Å². The molecule has 0 nitrogen and oxygen atoms in total. The average Bonchev–Trinajstić information content (AvgIpc) is 2.88. The third-order valence-corrected chi connectivity index (χ3v) is 7.64. The first-order chi connectivity index (χ1) is 18.6. The van der Waals surface area contributed by atoms with Gasteiger partial charge in [0.1, 0.15) is 23.3 Å². The first kappa shape index (κ1) is 28.9. The molecule has 3 aromatic carbocycles. The van der Waals surface area contributed by atoms with E-state index >= 15 is 8.78 Å². The molecule has 0 unspecified atom stereocenters. The van der Waals surface area contributed by atoms with Crippen LogP contribution in [0, 0.1) is 29.2 Å². The minimum absolute atomic E-state index is 0.157. The average molecular weight is 549 g/mol. The predicted molar refractivity (Wildman–Crippen MR) is 141 cm³/mol. The third kappa shape index (κ3) is 7.31. The van der Waals surface area contributed by atoms with Crippen LogP contribution in [0.25, 0.3) is 28.3 Å². The summed E-state index contributed by atoms with van der Waals surface area (Å²) in [4.78, 5) is 0. The van der Waals surface area contributed by atoms with E-state index in [1.54, 1.807) is 6.07 Å². The van der Waals surface area contributed by atoms with Crippen LogP contribution >= 0.6 is 0 Å². The normalized spacial score (nSPS) is 18.2. The maximum absolute atomic E-state index is 15.1. The van der Waals surface area contributed by atoms with Crippen LogP contribution in [-0.4, -0.2) is 6.18 Å². The predicted octanol–water partition coefficient (Wildman–Crippen LogP) is 11.0. The van der Waals surface area contributed by atoms with Gasteiger partial charge in [-0.1, -0.05) is 56.9 Å². The Morgan fingerprint density at radius 1 is 0.718 bits per heavy atom. The van der Waals surface area contributed by atoms with E-state index in [1.807, 2.05) is 6.07 Å². The van der Waals surface area contributed by atoms with Gasteiger partial charge >= 0.3 is 6.18 Å². The molecule has 0 saturated heterocycles. The van der Waals surface area contributed by atoms with Gasteiger partial charge in [-0.05, 0) is 84.6 Å². The Balaban J connectivity index is 1.49. The lowest BCUT2D eigenvalue weighted by Crippen LogP contribution is -2.13. The molecule has 208 valence electrons. The van der Waals surface area contributed by atoms with Gasteiger partial charge in [0.05, 0.1) is 0 Å². The number of unbranched alkanes of at least 4 members (excludes halogenated alkanes) is 2. The number of hydrogen-bond donors (Lipinski definition) is 0. The van der Waals surface area contributed by atoms with Gasteiger partial charge in [0, 0.05) is 22.8 Å². The second-order valence-corrected chi connectivity index (χ2v) is 10.4. The molecule has 0 heterocycles. The molecule has 39 heavy (non-hydrogen) atoms. The molecule has 0 bridgehead atoms. The number of benzene rings is 3. The minimum Gasteiger partial charge on any atom is -0.206 e. The largest absolute Gasteiger partial charge is 0.409 e. The van der Waals surface area contributed by atoms with Gasteiger partial charge in [-0.3, -0.25) is 0 Å². The highest BCUT2D eigenvalue weighted by atomic mass is 19.4. The Morgan fingerprint density at radius 3 is 1.90 bits per heavy atom. The van der Waals surface area contributed by atoms with Crippen molar-refractivity contribution in [1.29, 1.82) is 0 Å². The molecule has 3 aromatic rings. The van der Waals surface area contributed by atoms with Crippen molar-refractivity contribution >= 4 is 6.08 Å². The second kappa shape index (κ2) is 12.4. The van der Waals surface area contributed by atoms with Crippen molar-refractivity contribution in [2.75, 3.05) is 0 Å². The summed E-state index contributed by atoms with van der Waals surface area (Å²) in [7, 11) is 0. The summed E-state index contributed by atoms with van der Waals surface area (Å²) in [5.41, 5.74) is 0.203. The van der Waals surface area contributed by atoms with Crippen molar-refractivity contribution in [2.45, 2.75) is 70.4 Å². The van der Waals surface area contributed by atoms with Crippen molar-refractivity contribution in [2.24, 2.45) is 5.92 Å². The molecule has 4 rings (SSSR count). The second-order valence-electron chi connectivity index (χ2n) is 10.4. The molecule has 0 aromatic heterocycles. The van der Waals surface area contributed by atoms with Gasteiger partial charge in [0.2, 0.25) is 0 Å². The van der Waals surface area contributed by atoms with Crippen LogP contribution in [0.2, 0.25) is 0 Å². The summed E-state index contributed by atoms with van der Waals surface area (Å²) in [5, 5.41) is 0. The fourth-order valence-corrected chi connectivity index (χ4v) is 5.48. The molecule has 1 aliphatic carbocycles. The summed E-state index contributed by atoms with van der Waals surface area (Å²) in [6.45, 7) is 2.20. The molecule has 0 aliphatic heterocycles. The Hall–Kier alpha value is -3.09. The number of halogens is 7. The smallest absolute Gasteiger partial charge is 0.206 e. The summed E-state index contributed by atoms with van der Waals surface area (Å²) in [6.07, 6.45) is 4.61. The quantitative estimate of drug-likeness (QED) is 0.194. The van der Waals surface area contributed by atoms with Gasteiger partial charge in [0.25, 0.3) is 0 Å². The molecule has 0 atom stereocenters. The van der Waals surface area contributed by atoms with Crippen molar-refractivity contribution in [1.82, 2.24) is 0 Å². The fourth-order valence-electron chi connectivity index (χ4n) is 5.48. The van der Waals surface area contributed by atoms with Crippen LogP contribution in [0.15, 0.2) is 54.6 Å². The lowest BCUT2D eigenvalue weighted by Gasteiger charge is -2.29. The van der Waals surface area contributed by atoms with Crippen molar-refractivity contribution < 1.29 is 30.7 Å². The van der Waals surface area contributed by atoms with Crippen LogP contribution < -0.4 is 0 Å². The maximum Gasteiger partial charge on any atom is 0.409 e. The molecule has 0 N–H and O–H groups in total. The Kier molecular flexibility index (Phi) is 9.19. The summed E-state index contributed by atoms with van der Waals surface area (Å²) < 4.78 is 96.0. The maximum atomic E-state index is 15.1. The minimum atomic E-state index is -4.74. The highest BCUT2D eigenvalue weighted by molar-refractivity contribution is 5.72. The molecule has 7 heteroatoms. The van der Waals surface area contributed by atoms with E-state index in [1.165, 1.54) is 43.9 Å². The van der Waals surface area contributed by atoms with Crippen LogP contribution in [0.4, 0.5) is 30.7 Å². The van der Waals surface area contributed by atoms with Crippen LogP contribution in [0.5, 0.6) is 0 Å².